The molecule has 32 heavy (non-hydrogen) atoms. The lowest BCUT2D eigenvalue weighted by atomic mass is 10.0. The van der Waals surface area contributed by atoms with Gasteiger partial charge in [0.15, 0.2) is 0 Å². The molecule has 2 aliphatic heterocycles. The number of methoxy groups -OCH3 is 1. The van der Waals surface area contributed by atoms with E-state index in [4.69, 9.17) is 9.47 Å². The summed E-state index contributed by atoms with van der Waals surface area (Å²) in [5, 5.41) is 3.16. The Labute approximate surface area is 191 Å². The summed E-state index contributed by atoms with van der Waals surface area (Å²) in [5.41, 5.74) is 3.15. The Hall–Kier alpha value is -2.41. The topological polar surface area (TPSA) is 54.0 Å². The van der Waals surface area contributed by atoms with Gasteiger partial charge < -0.3 is 14.8 Å². The molecule has 6 heteroatoms. The highest BCUT2D eigenvalue weighted by molar-refractivity contribution is 5.94. The summed E-state index contributed by atoms with van der Waals surface area (Å²) in [7, 11) is 1.67. The summed E-state index contributed by atoms with van der Waals surface area (Å²) >= 11 is 0. The van der Waals surface area contributed by atoms with Crippen molar-refractivity contribution in [2.75, 3.05) is 53.0 Å². The molecule has 6 nitrogen and oxygen atoms in total. The number of morpholine rings is 1. The van der Waals surface area contributed by atoms with Crippen LogP contribution >= 0.6 is 0 Å². The number of benzene rings is 2. The van der Waals surface area contributed by atoms with Crippen LogP contribution in [0.3, 0.4) is 0 Å². The van der Waals surface area contributed by atoms with Crippen LogP contribution in [0.5, 0.6) is 5.75 Å². The van der Waals surface area contributed by atoms with E-state index in [1.165, 1.54) is 43.5 Å². The zero-order valence-electron chi connectivity index (χ0n) is 19.1. The van der Waals surface area contributed by atoms with Gasteiger partial charge in [-0.2, -0.15) is 0 Å². The fraction of sp³-hybridized carbons (Fsp3) is 0.500. The van der Waals surface area contributed by atoms with Crippen LogP contribution in [0.15, 0.2) is 48.5 Å². The monoisotopic (exact) mass is 437 g/mol. The SMILES string of the molecule is COc1ccc(C(CNC(=O)c2ccc(CN3CCCCC3)cc2)N2CCOCC2)cc1. The van der Waals surface area contributed by atoms with Gasteiger partial charge in [-0.15, -0.1) is 0 Å². The minimum Gasteiger partial charge on any atom is -0.497 e. The first-order valence-corrected chi connectivity index (χ1v) is 11.8. The molecule has 0 spiro atoms. The molecule has 2 aliphatic rings. The van der Waals surface area contributed by atoms with E-state index in [-0.39, 0.29) is 11.9 Å². The predicted molar refractivity (Wildman–Crippen MR) is 126 cm³/mol. The molecule has 1 N–H and O–H groups in total. The van der Waals surface area contributed by atoms with E-state index in [1.807, 2.05) is 24.3 Å². The lowest BCUT2D eigenvalue weighted by Gasteiger charge is -2.35. The van der Waals surface area contributed by atoms with Crippen LogP contribution in [-0.4, -0.2) is 68.8 Å². The largest absolute Gasteiger partial charge is 0.497 e. The Morgan fingerprint density at radius 3 is 2.31 bits per heavy atom. The molecule has 0 aliphatic carbocycles. The van der Waals surface area contributed by atoms with Crippen molar-refractivity contribution in [1.29, 1.82) is 0 Å². The lowest BCUT2D eigenvalue weighted by Crippen LogP contribution is -2.43. The van der Waals surface area contributed by atoms with Gasteiger partial charge in [0.2, 0.25) is 0 Å². The van der Waals surface area contributed by atoms with E-state index in [2.05, 4.69) is 39.4 Å². The zero-order chi connectivity index (χ0) is 22.2. The molecule has 2 saturated heterocycles. The van der Waals surface area contributed by atoms with Gasteiger partial charge in [0.1, 0.15) is 5.75 Å². The van der Waals surface area contributed by atoms with Gasteiger partial charge in [-0.05, 0) is 61.3 Å². The van der Waals surface area contributed by atoms with Gasteiger partial charge in [0, 0.05) is 31.7 Å². The average Bonchev–Trinajstić information content (AvgIpc) is 2.86. The highest BCUT2D eigenvalue weighted by Crippen LogP contribution is 2.24. The van der Waals surface area contributed by atoms with Crippen molar-refractivity contribution in [3.05, 3.63) is 65.2 Å². The first-order chi connectivity index (χ1) is 15.7. The maximum absolute atomic E-state index is 12.9. The molecule has 1 unspecified atom stereocenters. The van der Waals surface area contributed by atoms with E-state index in [1.54, 1.807) is 7.11 Å². The third-order valence-electron chi connectivity index (χ3n) is 6.51. The fourth-order valence-corrected chi connectivity index (χ4v) is 4.60. The van der Waals surface area contributed by atoms with E-state index >= 15 is 0 Å². The number of carbonyl (C=O) groups is 1. The summed E-state index contributed by atoms with van der Waals surface area (Å²) in [5.74, 6) is 0.810. The number of piperidine rings is 1. The number of amides is 1. The van der Waals surface area contributed by atoms with Gasteiger partial charge in [-0.25, -0.2) is 0 Å². The predicted octanol–water partition coefficient (Wildman–Crippen LogP) is 3.48. The number of hydrogen-bond acceptors (Lipinski definition) is 5. The highest BCUT2D eigenvalue weighted by atomic mass is 16.5. The first kappa shape index (κ1) is 22.8. The minimum atomic E-state index is -0.0266. The summed E-state index contributed by atoms with van der Waals surface area (Å²) in [6.45, 7) is 7.04. The number of ether oxygens (including phenoxy) is 2. The molecule has 0 bridgehead atoms. The van der Waals surface area contributed by atoms with E-state index in [0.29, 0.717) is 12.1 Å². The summed E-state index contributed by atoms with van der Waals surface area (Å²) in [6.07, 6.45) is 3.93. The molecule has 2 aromatic carbocycles. The Kier molecular flexibility index (Phi) is 8.15. The normalized spacial score (nSPS) is 18.8. The quantitative estimate of drug-likeness (QED) is 0.685. The maximum atomic E-state index is 12.9. The molecule has 2 heterocycles. The van der Waals surface area contributed by atoms with Crippen LogP contribution in [-0.2, 0) is 11.3 Å². The molecule has 172 valence electrons. The van der Waals surface area contributed by atoms with E-state index in [9.17, 15) is 4.79 Å². The zero-order valence-corrected chi connectivity index (χ0v) is 19.1. The molecular weight excluding hydrogens is 402 g/mol. The third kappa shape index (κ3) is 6.09. The Morgan fingerprint density at radius 1 is 0.969 bits per heavy atom. The molecule has 0 aromatic heterocycles. The molecule has 4 rings (SSSR count). The van der Waals surface area contributed by atoms with Crippen LogP contribution in [0.25, 0.3) is 0 Å². The van der Waals surface area contributed by atoms with Crippen molar-refractivity contribution in [1.82, 2.24) is 15.1 Å². The second-order valence-corrected chi connectivity index (χ2v) is 8.68. The number of carbonyl (C=O) groups excluding carboxylic acids is 1. The molecule has 0 saturated carbocycles. The molecule has 1 amide bonds. The highest BCUT2D eigenvalue weighted by Gasteiger charge is 2.23. The molecular formula is C26H35N3O3. The number of nitrogens with zero attached hydrogens (tertiary/aromatic N) is 2. The van der Waals surface area contributed by atoms with Crippen molar-refractivity contribution in [2.45, 2.75) is 31.8 Å². The Balaban J connectivity index is 1.37. The summed E-state index contributed by atoms with van der Waals surface area (Å²) in [6, 6.07) is 16.3. The average molecular weight is 438 g/mol. The fourth-order valence-electron chi connectivity index (χ4n) is 4.60. The smallest absolute Gasteiger partial charge is 0.251 e. The third-order valence-corrected chi connectivity index (χ3v) is 6.51. The van der Waals surface area contributed by atoms with Crippen molar-refractivity contribution in [3.63, 3.8) is 0 Å². The Bertz CT molecular complexity index is 842. The van der Waals surface area contributed by atoms with Gasteiger partial charge in [0.25, 0.3) is 5.91 Å². The number of rotatable bonds is 8. The van der Waals surface area contributed by atoms with Crippen molar-refractivity contribution in [2.24, 2.45) is 0 Å². The van der Waals surface area contributed by atoms with Crippen LogP contribution in [0.4, 0.5) is 0 Å². The van der Waals surface area contributed by atoms with Gasteiger partial charge in [-0.3, -0.25) is 14.6 Å². The Morgan fingerprint density at radius 2 is 1.66 bits per heavy atom. The lowest BCUT2D eigenvalue weighted by molar-refractivity contribution is 0.0162. The summed E-state index contributed by atoms with van der Waals surface area (Å²) in [4.78, 5) is 17.8. The standard InChI is InChI=1S/C26H35N3O3/c1-31-24-11-9-22(10-12-24)25(29-15-17-32-18-16-29)19-27-26(30)23-7-5-21(6-8-23)20-28-13-3-2-4-14-28/h5-12,25H,2-4,13-20H2,1H3,(H,27,30). The van der Waals surface area contributed by atoms with Crippen LogP contribution < -0.4 is 10.1 Å². The van der Waals surface area contributed by atoms with Crippen molar-refractivity contribution < 1.29 is 14.3 Å². The molecule has 1 atom stereocenters. The van der Waals surface area contributed by atoms with Crippen molar-refractivity contribution in [3.8, 4) is 5.75 Å². The number of nitrogens with one attached hydrogen (secondary N) is 1. The molecule has 0 radical (unpaired) electrons. The number of hydrogen-bond donors (Lipinski definition) is 1. The maximum Gasteiger partial charge on any atom is 0.251 e. The van der Waals surface area contributed by atoms with E-state index in [0.717, 1.165) is 38.6 Å². The number of likely N-dealkylation sites (tertiary alicyclic amines) is 1. The summed E-state index contributed by atoms with van der Waals surface area (Å²) < 4.78 is 10.8. The van der Waals surface area contributed by atoms with Gasteiger partial charge in [0.05, 0.1) is 26.4 Å². The minimum absolute atomic E-state index is 0.0266. The van der Waals surface area contributed by atoms with Crippen LogP contribution in [0, 0.1) is 0 Å². The first-order valence-electron chi connectivity index (χ1n) is 11.8. The van der Waals surface area contributed by atoms with Crippen LogP contribution in [0.2, 0.25) is 0 Å². The second-order valence-electron chi connectivity index (χ2n) is 8.68. The van der Waals surface area contributed by atoms with Crippen LogP contribution in [0.1, 0.15) is 46.8 Å². The molecule has 2 fully saturated rings. The molecule has 2 aromatic rings. The van der Waals surface area contributed by atoms with E-state index < -0.39 is 0 Å². The van der Waals surface area contributed by atoms with Gasteiger partial charge >= 0.3 is 0 Å². The van der Waals surface area contributed by atoms with Crippen molar-refractivity contribution >= 4 is 5.91 Å². The second kappa shape index (κ2) is 11.5. The van der Waals surface area contributed by atoms with Gasteiger partial charge in [-0.1, -0.05) is 30.7 Å².